The van der Waals surface area contributed by atoms with Crippen molar-refractivity contribution in [3.8, 4) is 5.75 Å². The van der Waals surface area contributed by atoms with Crippen LogP contribution in [0, 0.1) is 6.92 Å². The zero-order valence-electron chi connectivity index (χ0n) is 17.0. The number of rotatable bonds is 1. The molecule has 0 bridgehead atoms. The van der Waals surface area contributed by atoms with Crippen LogP contribution >= 0.6 is 0 Å². The monoisotopic (exact) mass is 410 g/mol. The number of nitrogens with one attached hydrogen (secondary N) is 2. The predicted molar refractivity (Wildman–Crippen MR) is 111 cm³/mol. The molecule has 0 saturated heterocycles. The maximum absolute atomic E-state index is 12.9. The molecule has 2 N–H and O–H groups in total. The van der Waals surface area contributed by atoms with Gasteiger partial charge in [-0.25, -0.2) is 0 Å². The van der Waals surface area contributed by atoms with Crippen LogP contribution in [-0.2, 0) is 4.79 Å². The largest absolute Gasteiger partial charge is 0.491 e. The minimum Gasteiger partial charge on any atom is -0.491 e. The van der Waals surface area contributed by atoms with Crippen LogP contribution in [0.25, 0.3) is 0 Å². The first-order valence-corrected chi connectivity index (χ1v) is 10.0. The molecule has 30 heavy (non-hydrogen) atoms. The van der Waals surface area contributed by atoms with Gasteiger partial charge in [-0.3, -0.25) is 19.4 Å². The molecule has 0 atom stereocenters. The lowest BCUT2D eigenvalue weighted by molar-refractivity contribution is -0.121. The van der Waals surface area contributed by atoms with E-state index in [1.807, 2.05) is 13.0 Å². The summed E-state index contributed by atoms with van der Waals surface area (Å²) in [5.41, 5.74) is 1.89. The highest BCUT2D eigenvalue weighted by Gasteiger charge is 2.18. The molecule has 3 amide bonds. The number of ether oxygens (including phenoxy) is 1. The molecule has 0 radical (unpaired) electrons. The summed E-state index contributed by atoms with van der Waals surface area (Å²) in [5.74, 6) is -0.0464. The molecule has 1 aliphatic rings. The maximum Gasteiger partial charge on any atom is 0.255 e. The van der Waals surface area contributed by atoms with Crippen LogP contribution in [0.2, 0.25) is 0 Å². The summed E-state index contributed by atoms with van der Waals surface area (Å²) in [6.45, 7) is 3.54. The minimum absolute atomic E-state index is 0.0943. The Hall–Kier alpha value is -3.42. The first-order chi connectivity index (χ1) is 14.5. The first-order valence-electron chi connectivity index (χ1n) is 10.0. The molecule has 0 aliphatic carbocycles. The standard InChI is InChI=1S/C22H26N4O4/c1-16-4-5-19-18(15-16)21(28)25-10-13-26(22(29)17-6-8-23-9-7-17)12-2-3-20(27)24-11-14-30-19/h4-9,15H,2-3,10-14H2,1H3,(H,24,27)(H,25,28). The molecular weight excluding hydrogens is 384 g/mol. The van der Waals surface area contributed by atoms with Crippen LogP contribution in [0.4, 0.5) is 0 Å². The second kappa shape index (κ2) is 10.4. The third-order valence-corrected chi connectivity index (χ3v) is 4.78. The Morgan fingerprint density at radius 3 is 2.67 bits per heavy atom. The number of carbonyl (C=O) groups excluding carboxylic acids is 3. The number of pyridine rings is 1. The zero-order chi connectivity index (χ0) is 21.3. The highest BCUT2D eigenvalue weighted by Crippen LogP contribution is 2.20. The van der Waals surface area contributed by atoms with Crippen molar-refractivity contribution in [2.24, 2.45) is 0 Å². The van der Waals surface area contributed by atoms with E-state index < -0.39 is 0 Å². The molecule has 1 aromatic carbocycles. The Morgan fingerprint density at radius 2 is 1.87 bits per heavy atom. The molecule has 2 heterocycles. The van der Waals surface area contributed by atoms with Crippen LogP contribution in [0.15, 0.2) is 42.7 Å². The van der Waals surface area contributed by atoms with E-state index in [-0.39, 0.29) is 30.9 Å². The van der Waals surface area contributed by atoms with E-state index in [1.54, 1.807) is 41.6 Å². The average molecular weight is 410 g/mol. The highest BCUT2D eigenvalue weighted by molar-refractivity contribution is 5.97. The van der Waals surface area contributed by atoms with Crippen LogP contribution in [-0.4, -0.2) is 60.4 Å². The van der Waals surface area contributed by atoms with Crippen molar-refractivity contribution >= 4 is 17.7 Å². The van der Waals surface area contributed by atoms with Crippen LogP contribution in [0.1, 0.15) is 39.1 Å². The third kappa shape index (κ3) is 5.79. The summed E-state index contributed by atoms with van der Waals surface area (Å²) in [6.07, 6.45) is 3.96. The van der Waals surface area contributed by atoms with Gasteiger partial charge in [-0.2, -0.15) is 0 Å². The number of hydrogen-bond donors (Lipinski definition) is 2. The molecule has 158 valence electrons. The van der Waals surface area contributed by atoms with Gasteiger partial charge >= 0.3 is 0 Å². The maximum atomic E-state index is 12.9. The van der Waals surface area contributed by atoms with Crippen molar-refractivity contribution in [2.75, 3.05) is 32.8 Å². The van der Waals surface area contributed by atoms with Gasteiger partial charge in [0.2, 0.25) is 5.91 Å². The topological polar surface area (TPSA) is 101 Å². The van der Waals surface area contributed by atoms with Crippen LogP contribution in [0.5, 0.6) is 5.75 Å². The SMILES string of the molecule is Cc1ccc2c(c1)C(=O)NCCN(C(=O)c1ccncc1)CCCC(=O)NCCO2. The minimum atomic E-state index is -0.260. The lowest BCUT2D eigenvalue weighted by Gasteiger charge is -2.23. The fourth-order valence-electron chi connectivity index (χ4n) is 3.21. The average Bonchev–Trinajstić information content (AvgIpc) is 2.76. The second-order valence-electron chi connectivity index (χ2n) is 7.09. The lowest BCUT2D eigenvalue weighted by atomic mass is 10.1. The molecule has 8 nitrogen and oxygen atoms in total. The van der Waals surface area contributed by atoms with E-state index in [2.05, 4.69) is 15.6 Å². The van der Waals surface area contributed by atoms with Crippen molar-refractivity contribution in [2.45, 2.75) is 19.8 Å². The molecule has 1 aliphatic heterocycles. The van der Waals surface area contributed by atoms with E-state index in [4.69, 9.17) is 4.74 Å². The van der Waals surface area contributed by atoms with Crippen LogP contribution < -0.4 is 15.4 Å². The number of carbonyl (C=O) groups is 3. The van der Waals surface area contributed by atoms with Gasteiger partial charge < -0.3 is 20.3 Å². The number of aromatic nitrogens is 1. The Bertz CT molecular complexity index is 901. The summed E-state index contributed by atoms with van der Waals surface area (Å²) < 4.78 is 5.71. The fraction of sp³-hybridized carbons (Fsp3) is 0.364. The van der Waals surface area contributed by atoms with Gasteiger partial charge in [-0.05, 0) is 37.6 Å². The first kappa shape index (κ1) is 21.3. The summed E-state index contributed by atoms with van der Waals surface area (Å²) in [5, 5.41) is 5.68. The fourth-order valence-corrected chi connectivity index (χ4v) is 3.21. The molecule has 0 spiro atoms. The molecule has 2 aromatic rings. The summed E-state index contributed by atoms with van der Waals surface area (Å²) in [4.78, 5) is 43.2. The predicted octanol–water partition coefficient (Wildman–Crippen LogP) is 1.55. The zero-order valence-corrected chi connectivity index (χ0v) is 17.0. The molecule has 0 unspecified atom stereocenters. The Balaban J connectivity index is 1.77. The quantitative estimate of drug-likeness (QED) is 0.743. The van der Waals surface area contributed by atoms with E-state index >= 15 is 0 Å². The van der Waals surface area contributed by atoms with Crippen molar-refractivity contribution < 1.29 is 19.1 Å². The van der Waals surface area contributed by atoms with Crippen molar-refractivity contribution in [1.82, 2.24) is 20.5 Å². The summed E-state index contributed by atoms with van der Waals surface area (Å²) in [7, 11) is 0. The number of hydrogen-bond acceptors (Lipinski definition) is 5. The van der Waals surface area contributed by atoms with E-state index in [1.165, 1.54) is 0 Å². The molecule has 0 saturated carbocycles. The molecule has 8 heteroatoms. The summed E-state index contributed by atoms with van der Waals surface area (Å²) >= 11 is 0. The molecule has 1 aromatic heterocycles. The smallest absolute Gasteiger partial charge is 0.255 e. The number of nitrogens with zero attached hydrogens (tertiary/aromatic N) is 2. The van der Waals surface area contributed by atoms with E-state index in [0.29, 0.717) is 49.4 Å². The number of amides is 3. The number of fused-ring (bicyclic) bond motifs is 1. The van der Waals surface area contributed by atoms with Gasteiger partial charge in [-0.15, -0.1) is 0 Å². The molecular formula is C22H26N4O4. The third-order valence-electron chi connectivity index (χ3n) is 4.78. The molecule has 3 rings (SSSR count). The number of aryl methyl sites for hydroxylation is 1. The van der Waals surface area contributed by atoms with Crippen molar-refractivity contribution in [1.29, 1.82) is 0 Å². The second-order valence-corrected chi connectivity index (χ2v) is 7.09. The van der Waals surface area contributed by atoms with E-state index in [9.17, 15) is 14.4 Å². The Kier molecular flexibility index (Phi) is 7.37. The highest BCUT2D eigenvalue weighted by atomic mass is 16.5. The Morgan fingerprint density at radius 1 is 1.07 bits per heavy atom. The van der Waals surface area contributed by atoms with E-state index in [0.717, 1.165) is 5.56 Å². The van der Waals surface area contributed by atoms with Gasteiger partial charge in [0.15, 0.2) is 0 Å². The van der Waals surface area contributed by atoms with Gasteiger partial charge in [0, 0.05) is 44.0 Å². The van der Waals surface area contributed by atoms with Gasteiger partial charge in [0.1, 0.15) is 12.4 Å². The normalized spacial score (nSPS) is 16.2. The van der Waals surface area contributed by atoms with Gasteiger partial charge in [-0.1, -0.05) is 11.6 Å². The number of benzene rings is 1. The van der Waals surface area contributed by atoms with Crippen molar-refractivity contribution in [3.05, 3.63) is 59.4 Å². The van der Waals surface area contributed by atoms with Crippen LogP contribution in [0.3, 0.4) is 0 Å². The van der Waals surface area contributed by atoms with Gasteiger partial charge in [0.05, 0.1) is 12.1 Å². The molecule has 0 fully saturated rings. The Labute approximate surface area is 175 Å². The van der Waals surface area contributed by atoms with Crippen molar-refractivity contribution in [3.63, 3.8) is 0 Å². The van der Waals surface area contributed by atoms with Gasteiger partial charge in [0.25, 0.3) is 11.8 Å². The summed E-state index contributed by atoms with van der Waals surface area (Å²) in [6, 6.07) is 8.69. The lowest BCUT2D eigenvalue weighted by Crippen LogP contribution is -2.39.